The molecule has 0 bridgehead atoms. The number of hydrogen-bond acceptors (Lipinski definition) is 3. The number of Topliss-reactive ketones (excluding diaryl/α,β-unsaturated/α-hetero) is 1. The van der Waals surface area contributed by atoms with Gasteiger partial charge in [0, 0.05) is 10.6 Å². The molecule has 3 rings (SSSR count). The minimum atomic E-state index is -5.31. The average Bonchev–Trinajstić information content (AvgIpc) is 2.61. The highest BCUT2D eigenvalue weighted by Gasteiger charge is 2.66. The third-order valence-corrected chi connectivity index (χ3v) is 4.73. The molecule has 5 nitrogen and oxygen atoms in total. The lowest BCUT2D eigenvalue weighted by molar-refractivity contribution is -0.287. The first kappa shape index (κ1) is 19.2. The maximum atomic E-state index is 13.7. The van der Waals surface area contributed by atoms with Gasteiger partial charge in [-0.1, -0.05) is 60.1 Å². The van der Waals surface area contributed by atoms with E-state index < -0.39 is 35.7 Å². The van der Waals surface area contributed by atoms with Crippen molar-refractivity contribution in [1.29, 1.82) is 0 Å². The summed E-state index contributed by atoms with van der Waals surface area (Å²) in [5, 5.41) is 14.2. The van der Waals surface area contributed by atoms with E-state index in [9.17, 15) is 27.9 Å². The maximum Gasteiger partial charge on any atom is 0.437 e. The molecule has 1 aliphatic rings. The molecule has 2 aromatic carbocycles. The number of ketones is 1. The van der Waals surface area contributed by atoms with Crippen molar-refractivity contribution in [3.8, 4) is 0 Å². The highest BCUT2D eigenvalue weighted by Crippen LogP contribution is 2.45. The monoisotopic (exact) mass is 398 g/mol. The normalized spacial score (nSPS) is 25.4. The highest BCUT2D eigenvalue weighted by molar-refractivity contribution is 6.31. The molecule has 1 heterocycles. The zero-order chi connectivity index (χ0) is 19.8. The molecule has 1 aliphatic heterocycles. The second-order valence-corrected chi connectivity index (χ2v) is 6.48. The summed E-state index contributed by atoms with van der Waals surface area (Å²) in [6, 6.07) is 10.3. The summed E-state index contributed by atoms with van der Waals surface area (Å²) in [5.74, 6) is -3.09. The number of nitrogens with one attached hydrogen (secondary N) is 2. The van der Waals surface area contributed by atoms with E-state index in [0.29, 0.717) is 0 Å². The molecule has 142 valence electrons. The maximum absolute atomic E-state index is 13.7. The molecule has 0 radical (unpaired) electrons. The number of rotatable bonds is 3. The minimum absolute atomic E-state index is 0.0415. The second kappa shape index (κ2) is 6.86. The van der Waals surface area contributed by atoms with Crippen LogP contribution >= 0.6 is 11.6 Å². The van der Waals surface area contributed by atoms with Crippen LogP contribution in [0.3, 0.4) is 0 Å². The molecular formula is C18H14ClF3N2O3. The molecule has 0 aromatic heterocycles. The molecule has 3 N–H and O–H groups in total. The van der Waals surface area contributed by atoms with E-state index >= 15 is 0 Å². The van der Waals surface area contributed by atoms with Gasteiger partial charge < -0.3 is 15.7 Å². The summed E-state index contributed by atoms with van der Waals surface area (Å²) in [6.45, 7) is 0. The Kier molecular flexibility index (Phi) is 4.88. The van der Waals surface area contributed by atoms with Gasteiger partial charge in [0.2, 0.25) is 5.72 Å². The Morgan fingerprint density at radius 2 is 1.67 bits per heavy atom. The molecular weight excluding hydrogens is 385 g/mol. The predicted octanol–water partition coefficient (Wildman–Crippen LogP) is 3.44. The quantitative estimate of drug-likeness (QED) is 0.693. The molecule has 9 heteroatoms. The fraction of sp³-hybridized carbons (Fsp3) is 0.222. The predicted molar refractivity (Wildman–Crippen MR) is 91.1 cm³/mol. The Morgan fingerprint density at radius 1 is 1.07 bits per heavy atom. The van der Waals surface area contributed by atoms with Gasteiger partial charge in [-0.3, -0.25) is 4.79 Å². The molecule has 0 saturated carbocycles. The van der Waals surface area contributed by atoms with Gasteiger partial charge in [0.05, 0.1) is 6.04 Å². The van der Waals surface area contributed by atoms with Crippen molar-refractivity contribution < 1.29 is 27.9 Å². The molecule has 2 amide bonds. The van der Waals surface area contributed by atoms with Crippen molar-refractivity contribution in [3.05, 3.63) is 70.7 Å². The first-order valence-corrected chi connectivity index (χ1v) is 8.24. The van der Waals surface area contributed by atoms with E-state index in [0.717, 1.165) is 0 Å². The summed E-state index contributed by atoms with van der Waals surface area (Å²) < 4.78 is 41.2. The zero-order valence-electron chi connectivity index (χ0n) is 13.6. The number of benzene rings is 2. The summed E-state index contributed by atoms with van der Waals surface area (Å²) in [6.07, 6.45) is -5.31. The van der Waals surface area contributed by atoms with E-state index in [1.807, 2.05) is 0 Å². The fourth-order valence-corrected chi connectivity index (χ4v) is 3.36. The van der Waals surface area contributed by atoms with Crippen LogP contribution in [-0.4, -0.2) is 28.8 Å². The van der Waals surface area contributed by atoms with E-state index in [1.54, 1.807) is 12.1 Å². The lowest BCUT2D eigenvalue weighted by Crippen LogP contribution is -2.72. The molecule has 0 unspecified atom stereocenters. The van der Waals surface area contributed by atoms with Crippen molar-refractivity contribution in [2.24, 2.45) is 5.92 Å². The van der Waals surface area contributed by atoms with Crippen molar-refractivity contribution in [2.45, 2.75) is 17.9 Å². The first-order valence-electron chi connectivity index (χ1n) is 7.86. The summed E-state index contributed by atoms with van der Waals surface area (Å²) >= 11 is 6.08. The largest absolute Gasteiger partial charge is 0.437 e. The van der Waals surface area contributed by atoms with Crippen molar-refractivity contribution in [1.82, 2.24) is 10.6 Å². The molecule has 2 aromatic rings. The molecule has 1 saturated heterocycles. The summed E-state index contributed by atoms with van der Waals surface area (Å²) in [4.78, 5) is 24.9. The van der Waals surface area contributed by atoms with Gasteiger partial charge in [-0.15, -0.1) is 0 Å². The zero-order valence-corrected chi connectivity index (χ0v) is 14.4. The van der Waals surface area contributed by atoms with Crippen LogP contribution in [0.4, 0.5) is 18.0 Å². The van der Waals surface area contributed by atoms with Crippen molar-refractivity contribution in [3.63, 3.8) is 0 Å². The smallest absolute Gasteiger partial charge is 0.363 e. The van der Waals surface area contributed by atoms with Gasteiger partial charge in [0.25, 0.3) is 0 Å². The van der Waals surface area contributed by atoms with Crippen LogP contribution < -0.4 is 10.6 Å². The van der Waals surface area contributed by atoms with Crippen LogP contribution in [0.1, 0.15) is 22.0 Å². The Hall–Kier alpha value is -2.58. The van der Waals surface area contributed by atoms with Crippen LogP contribution in [0.2, 0.25) is 5.02 Å². The third kappa shape index (κ3) is 3.38. The number of carbonyl (C=O) groups excluding carboxylic acids is 2. The Bertz CT molecular complexity index is 876. The number of hydrogen-bond donors (Lipinski definition) is 3. The molecule has 0 spiro atoms. The SMILES string of the molecule is O=C1N[C@@H](c2ccccc2Cl)[C@@H](C(=O)c2ccccc2)[C@@](O)(C(F)(F)F)N1. The lowest BCUT2D eigenvalue weighted by Gasteiger charge is -2.45. The van der Waals surface area contributed by atoms with Gasteiger partial charge in [0.1, 0.15) is 5.92 Å². The Morgan fingerprint density at radius 3 is 2.26 bits per heavy atom. The van der Waals surface area contributed by atoms with Crippen LogP contribution in [0.15, 0.2) is 54.6 Å². The molecule has 0 aliphatic carbocycles. The second-order valence-electron chi connectivity index (χ2n) is 6.07. The number of urea groups is 1. The van der Waals surface area contributed by atoms with E-state index in [4.69, 9.17) is 11.6 Å². The Balaban J connectivity index is 2.19. The minimum Gasteiger partial charge on any atom is -0.363 e. The van der Waals surface area contributed by atoms with Crippen molar-refractivity contribution in [2.75, 3.05) is 0 Å². The number of aliphatic hydroxyl groups is 1. The van der Waals surface area contributed by atoms with E-state index in [-0.39, 0.29) is 16.1 Å². The summed E-state index contributed by atoms with van der Waals surface area (Å²) in [7, 11) is 0. The van der Waals surface area contributed by atoms with Crippen LogP contribution in [0.25, 0.3) is 0 Å². The van der Waals surface area contributed by atoms with Crippen molar-refractivity contribution >= 4 is 23.4 Å². The lowest BCUT2D eigenvalue weighted by atomic mass is 9.77. The fourth-order valence-electron chi connectivity index (χ4n) is 3.11. The standard InChI is InChI=1S/C18H14ClF3N2O3/c19-12-9-5-4-8-11(12)14-13(15(25)10-6-2-1-3-7-10)17(27,18(20,21)22)24-16(26)23-14/h1-9,13-14,27H,(H2,23,24,26)/t13-,14-,17+/m0/s1. The van der Waals surface area contributed by atoms with Gasteiger partial charge in [-0.25, -0.2) is 4.79 Å². The topological polar surface area (TPSA) is 78.4 Å². The van der Waals surface area contributed by atoms with Crippen LogP contribution in [0, 0.1) is 5.92 Å². The molecule has 3 atom stereocenters. The van der Waals surface area contributed by atoms with Crippen LogP contribution in [0.5, 0.6) is 0 Å². The Labute approximate surface area is 157 Å². The van der Waals surface area contributed by atoms with Gasteiger partial charge in [0.15, 0.2) is 5.78 Å². The molecule has 1 fully saturated rings. The van der Waals surface area contributed by atoms with Gasteiger partial charge in [-0.2, -0.15) is 13.2 Å². The highest BCUT2D eigenvalue weighted by atomic mass is 35.5. The molecule has 27 heavy (non-hydrogen) atoms. The number of amides is 2. The third-order valence-electron chi connectivity index (χ3n) is 4.39. The van der Waals surface area contributed by atoms with E-state index in [1.165, 1.54) is 47.8 Å². The van der Waals surface area contributed by atoms with Gasteiger partial charge >= 0.3 is 12.2 Å². The first-order chi connectivity index (χ1) is 12.6. The van der Waals surface area contributed by atoms with Crippen LogP contribution in [-0.2, 0) is 0 Å². The number of alkyl halides is 3. The number of carbonyl (C=O) groups is 2. The average molecular weight is 399 g/mol. The van der Waals surface area contributed by atoms with E-state index in [2.05, 4.69) is 5.32 Å². The number of halogens is 4. The summed E-state index contributed by atoms with van der Waals surface area (Å²) in [5.41, 5.74) is -3.72. The van der Waals surface area contributed by atoms with Gasteiger partial charge in [-0.05, 0) is 11.6 Å².